The van der Waals surface area contributed by atoms with E-state index in [1.807, 2.05) is 0 Å². The quantitative estimate of drug-likeness (QED) is 0.360. The number of carbonyl (C=O) groups is 2. The van der Waals surface area contributed by atoms with Crippen LogP contribution in [0.25, 0.3) is 0 Å². The topological polar surface area (TPSA) is 101 Å². The fourth-order valence-electron chi connectivity index (χ4n) is 6.02. The van der Waals surface area contributed by atoms with Gasteiger partial charge < -0.3 is 36.6 Å². The number of alkyl halides is 2. The first-order valence-electron chi connectivity index (χ1n) is 12.5. The summed E-state index contributed by atoms with van der Waals surface area (Å²) in [7, 11) is 0. The highest BCUT2D eigenvalue weighted by molar-refractivity contribution is 5.92. The van der Waals surface area contributed by atoms with E-state index >= 15 is 0 Å². The van der Waals surface area contributed by atoms with E-state index in [0.29, 0.717) is 6.54 Å². The first-order valence-corrected chi connectivity index (χ1v) is 12.5. The summed E-state index contributed by atoms with van der Waals surface area (Å²) >= 11 is 0. The Hall–Kier alpha value is -2.50. The third-order valence-corrected chi connectivity index (χ3v) is 8.15. The van der Waals surface area contributed by atoms with E-state index in [0.717, 1.165) is 49.3 Å². The number of benzene rings is 1. The van der Waals surface area contributed by atoms with Crippen molar-refractivity contribution in [3.05, 3.63) is 48.3 Å². The van der Waals surface area contributed by atoms with Gasteiger partial charge in [0.1, 0.15) is 0 Å². The molecular formula is C26H31BrF2N4O4. The summed E-state index contributed by atoms with van der Waals surface area (Å²) in [4.78, 5) is 34.5. The Morgan fingerprint density at radius 2 is 1.73 bits per heavy atom. The molecule has 0 spiro atoms. The molecule has 11 heteroatoms. The Labute approximate surface area is 224 Å². The van der Waals surface area contributed by atoms with Gasteiger partial charge in [0.15, 0.2) is 18.0 Å². The number of piperidine rings is 3. The number of carbonyl (C=O) groups excluding carboxylic acids is 2. The van der Waals surface area contributed by atoms with Crippen molar-refractivity contribution in [1.29, 1.82) is 0 Å². The molecule has 4 fully saturated rings. The van der Waals surface area contributed by atoms with Crippen LogP contribution in [0.15, 0.2) is 42.7 Å². The second-order valence-corrected chi connectivity index (χ2v) is 10.5. The van der Waals surface area contributed by atoms with Crippen LogP contribution in [-0.4, -0.2) is 63.5 Å². The number of amides is 1. The van der Waals surface area contributed by atoms with Gasteiger partial charge >= 0.3 is 5.97 Å². The molecule has 0 radical (unpaired) electrons. The van der Waals surface area contributed by atoms with Gasteiger partial charge in [0.25, 0.3) is 11.8 Å². The highest BCUT2D eigenvalue weighted by Crippen LogP contribution is 2.48. The number of hydrogen-bond donors (Lipinski definition) is 2. The van der Waals surface area contributed by atoms with Gasteiger partial charge in [-0.3, -0.25) is 4.79 Å². The van der Waals surface area contributed by atoms with Crippen LogP contribution in [0.5, 0.6) is 5.88 Å². The van der Waals surface area contributed by atoms with Gasteiger partial charge in [0, 0.05) is 31.2 Å². The van der Waals surface area contributed by atoms with Crippen molar-refractivity contribution >= 4 is 17.7 Å². The molecule has 4 aliphatic rings. The molecule has 3 aliphatic heterocycles. The number of nitrogens with zero attached hydrogens (tertiary/aromatic N) is 3. The fraction of sp³-hybridized carbons (Fsp3) is 0.538. The van der Waals surface area contributed by atoms with Crippen molar-refractivity contribution in [2.75, 3.05) is 31.5 Å². The van der Waals surface area contributed by atoms with Crippen LogP contribution in [-0.2, 0) is 15.2 Å². The third kappa shape index (κ3) is 5.68. The molecule has 1 aromatic carbocycles. The molecule has 2 aromatic rings. The number of rotatable bonds is 7. The summed E-state index contributed by atoms with van der Waals surface area (Å²) < 4.78 is 34.3. The van der Waals surface area contributed by atoms with Crippen LogP contribution in [0.2, 0.25) is 0 Å². The van der Waals surface area contributed by atoms with E-state index in [1.165, 1.54) is 24.5 Å². The molecule has 1 aromatic heterocycles. The lowest BCUT2D eigenvalue weighted by Crippen LogP contribution is -3.00. The van der Waals surface area contributed by atoms with E-state index in [9.17, 15) is 23.5 Å². The number of anilines is 1. The number of fused-ring (bicyclic) bond motifs is 3. The number of nitrogens with one attached hydrogen (secondary N) is 1. The van der Waals surface area contributed by atoms with Crippen molar-refractivity contribution in [3.8, 4) is 5.88 Å². The van der Waals surface area contributed by atoms with Crippen molar-refractivity contribution in [3.63, 3.8) is 0 Å². The Morgan fingerprint density at radius 1 is 1.08 bits per heavy atom. The summed E-state index contributed by atoms with van der Waals surface area (Å²) in [6.07, 6.45) is 4.91. The monoisotopic (exact) mass is 580 g/mol. The maximum atomic E-state index is 14.1. The molecule has 6 rings (SSSR count). The summed E-state index contributed by atoms with van der Waals surface area (Å²) in [6.45, 7) is 3.20. The van der Waals surface area contributed by atoms with E-state index in [1.54, 1.807) is 18.2 Å². The van der Waals surface area contributed by atoms with Gasteiger partial charge in [-0.1, -0.05) is 30.3 Å². The number of quaternary nitrogens is 1. The minimum Gasteiger partial charge on any atom is -1.00 e. The standard InChI is InChI=1S/C26H30F2N4O4.BrH/c27-25(28)10-6-20(16-25)26(35,19-4-2-1-3-5-19)24(34)36-23-22(29-11-12-30-23)31-21(33)17-32-13-7-18(8-14-32)9-15-32;/h1-5,11-12,18,20,35H,6-10,13-17H2;1H/t18?,20?,26-,32?;/m0./s1. The Kier molecular flexibility index (Phi) is 7.96. The first-order chi connectivity index (χ1) is 17.2. The molecule has 4 heterocycles. The van der Waals surface area contributed by atoms with Crippen molar-refractivity contribution in [2.24, 2.45) is 11.8 Å². The predicted molar refractivity (Wildman–Crippen MR) is 126 cm³/mol. The smallest absolute Gasteiger partial charge is 0.349 e. The van der Waals surface area contributed by atoms with E-state index < -0.39 is 36.3 Å². The minimum absolute atomic E-state index is 0. The lowest BCUT2D eigenvalue weighted by atomic mass is 9.80. The maximum absolute atomic E-state index is 14.1. The zero-order valence-electron chi connectivity index (χ0n) is 20.4. The van der Waals surface area contributed by atoms with Gasteiger partial charge in [-0.15, -0.1) is 0 Å². The predicted octanol–water partition coefficient (Wildman–Crippen LogP) is 0.278. The van der Waals surface area contributed by atoms with Crippen molar-refractivity contribution in [1.82, 2.24) is 9.97 Å². The number of aliphatic hydroxyl groups is 1. The zero-order valence-corrected chi connectivity index (χ0v) is 22.0. The van der Waals surface area contributed by atoms with Gasteiger partial charge in [-0.05, 0) is 37.2 Å². The van der Waals surface area contributed by atoms with Crippen molar-refractivity contribution < 1.29 is 49.7 Å². The average molecular weight is 581 g/mol. The second kappa shape index (κ2) is 10.7. The number of hydrogen-bond acceptors (Lipinski definition) is 6. The summed E-state index contributed by atoms with van der Waals surface area (Å²) in [5, 5.41) is 14.3. The van der Waals surface area contributed by atoms with Crippen LogP contribution in [0.4, 0.5) is 14.6 Å². The number of halogens is 3. The van der Waals surface area contributed by atoms with E-state index in [-0.39, 0.29) is 46.6 Å². The lowest BCUT2D eigenvalue weighted by molar-refractivity contribution is -0.935. The Morgan fingerprint density at radius 3 is 2.35 bits per heavy atom. The van der Waals surface area contributed by atoms with Crippen LogP contribution in [0.3, 0.4) is 0 Å². The molecule has 2 N–H and O–H groups in total. The SMILES string of the molecule is O=C(C[N+]12CCC(CC1)CC2)Nc1nccnc1OC(=O)[C@](O)(c1ccccc1)C1CCC(F)(F)C1.[Br-]. The third-order valence-electron chi connectivity index (χ3n) is 8.15. The van der Waals surface area contributed by atoms with Gasteiger partial charge in [0.05, 0.1) is 19.6 Å². The summed E-state index contributed by atoms with van der Waals surface area (Å²) in [5.74, 6) is -4.98. The molecule has 1 amide bonds. The van der Waals surface area contributed by atoms with E-state index in [4.69, 9.17) is 4.74 Å². The summed E-state index contributed by atoms with van der Waals surface area (Å²) in [6, 6.07) is 7.95. The highest BCUT2D eigenvalue weighted by atomic mass is 79.9. The number of esters is 1. The normalized spacial score (nSPS) is 27.5. The Bertz CT molecular complexity index is 1120. The molecule has 2 bridgehead atoms. The molecule has 200 valence electrons. The largest absolute Gasteiger partial charge is 1.00 e. The fourth-order valence-corrected chi connectivity index (χ4v) is 6.02. The average Bonchev–Trinajstić information content (AvgIpc) is 3.26. The molecule has 1 saturated carbocycles. The van der Waals surface area contributed by atoms with Crippen LogP contribution in [0, 0.1) is 11.8 Å². The minimum atomic E-state index is -2.98. The molecule has 1 aliphatic carbocycles. The molecule has 3 saturated heterocycles. The van der Waals surface area contributed by atoms with Crippen LogP contribution in [0.1, 0.15) is 44.1 Å². The molecular weight excluding hydrogens is 550 g/mol. The highest BCUT2D eigenvalue weighted by Gasteiger charge is 2.55. The molecule has 1 unspecified atom stereocenters. The molecule has 8 nitrogen and oxygen atoms in total. The Balaban J connectivity index is 0.00000320. The number of aromatic nitrogens is 2. The van der Waals surface area contributed by atoms with Crippen LogP contribution < -0.4 is 27.0 Å². The van der Waals surface area contributed by atoms with Crippen LogP contribution >= 0.6 is 0 Å². The first kappa shape index (κ1) is 27.5. The number of ether oxygens (including phenoxy) is 1. The van der Waals surface area contributed by atoms with E-state index in [2.05, 4.69) is 15.3 Å². The second-order valence-electron chi connectivity index (χ2n) is 10.5. The molecule has 37 heavy (non-hydrogen) atoms. The van der Waals surface area contributed by atoms with Gasteiger partial charge in [-0.2, -0.15) is 0 Å². The summed E-state index contributed by atoms with van der Waals surface area (Å²) in [5.41, 5.74) is -2.15. The lowest BCUT2D eigenvalue weighted by Gasteiger charge is -2.48. The zero-order chi connectivity index (χ0) is 25.4. The van der Waals surface area contributed by atoms with Gasteiger partial charge in [-0.25, -0.2) is 23.5 Å². The van der Waals surface area contributed by atoms with Crippen molar-refractivity contribution in [2.45, 2.75) is 50.0 Å². The maximum Gasteiger partial charge on any atom is 0.349 e. The van der Waals surface area contributed by atoms with Gasteiger partial charge in [0.2, 0.25) is 5.92 Å². The molecule has 2 atom stereocenters.